The molecule has 2 N–H and O–H groups in total. The third-order valence-electron chi connectivity index (χ3n) is 5.64. The maximum Gasteiger partial charge on any atom is 0.286 e. The molecule has 2 atom stereocenters. The molecule has 1 saturated heterocycles. The Hall–Kier alpha value is -1.44. The number of hydrogen-bond donors (Lipinski definition) is 2. The van der Waals surface area contributed by atoms with Crippen molar-refractivity contribution in [2.45, 2.75) is 37.2 Å². The second kappa shape index (κ2) is 11.3. The molecule has 164 valence electrons. The Morgan fingerprint density at radius 2 is 2.00 bits per heavy atom. The molecule has 2 aromatic carbocycles. The second-order valence-electron chi connectivity index (χ2n) is 7.38. The van der Waals surface area contributed by atoms with Crippen molar-refractivity contribution in [3.05, 3.63) is 59.2 Å². The van der Waals surface area contributed by atoms with Crippen molar-refractivity contribution in [2.24, 2.45) is 0 Å². The molecule has 2 heterocycles. The van der Waals surface area contributed by atoms with Gasteiger partial charge in [-0.15, -0.1) is 24.8 Å². The number of carbonyl (C=O) groups is 1. The van der Waals surface area contributed by atoms with Crippen LogP contribution in [-0.4, -0.2) is 32.0 Å². The number of nitrogens with one attached hydrogen (secondary N) is 2. The highest BCUT2D eigenvalue weighted by Gasteiger charge is 2.27. The van der Waals surface area contributed by atoms with Crippen molar-refractivity contribution in [3.63, 3.8) is 0 Å². The van der Waals surface area contributed by atoms with Gasteiger partial charge in [-0.2, -0.15) is 0 Å². The zero-order valence-corrected chi connectivity index (χ0v) is 19.7. The Morgan fingerprint density at radius 3 is 2.73 bits per heavy atom. The van der Waals surface area contributed by atoms with Gasteiger partial charge in [-0.05, 0) is 42.6 Å². The molecule has 1 fully saturated rings. The van der Waals surface area contributed by atoms with Crippen LogP contribution in [0.3, 0.4) is 0 Å². The number of rotatable bonds is 5. The molecule has 0 aliphatic carbocycles. The first-order valence-electron chi connectivity index (χ1n) is 9.79. The highest BCUT2D eigenvalue weighted by molar-refractivity contribution is 8.13. The van der Waals surface area contributed by atoms with Gasteiger partial charge < -0.3 is 20.3 Å². The minimum atomic E-state index is 0. The summed E-state index contributed by atoms with van der Waals surface area (Å²) in [6.07, 6.45) is 2.30. The van der Waals surface area contributed by atoms with Crippen molar-refractivity contribution in [2.75, 3.05) is 25.6 Å². The SMILES string of the molecule is COc1cc2c(cc1CNC1CCCNC1c1ccccc1)N(C)C(=O)SC2.Cl.Cl. The lowest BCUT2D eigenvalue weighted by atomic mass is 9.92. The molecule has 2 aromatic rings. The van der Waals surface area contributed by atoms with E-state index in [0.717, 1.165) is 42.0 Å². The van der Waals surface area contributed by atoms with Crippen LogP contribution in [0.25, 0.3) is 0 Å². The van der Waals surface area contributed by atoms with E-state index in [1.807, 2.05) is 7.05 Å². The van der Waals surface area contributed by atoms with Gasteiger partial charge in [-0.3, -0.25) is 4.79 Å². The Morgan fingerprint density at radius 1 is 1.23 bits per heavy atom. The van der Waals surface area contributed by atoms with Crippen LogP contribution < -0.4 is 20.3 Å². The van der Waals surface area contributed by atoms with E-state index in [1.165, 1.54) is 17.3 Å². The maximum atomic E-state index is 12.1. The van der Waals surface area contributed by atoms with Crippen molar-refractivity contribution in [1.82, 2.24) is 10.6 Å². The van der Waals surface area contributed by atoms with Crippen LogP contribution in [0.5, 0.6) is 5.75 Å². The lowest BCUT2D eigenvalue weighted by Crippen LogP contribution is -2.45. The van der Waals surface area contributed by atoms with Crippen molar-refractivity contribution in [3.8, 4) is 5.75 Å². The summed E-state index contributed by atoms with van der Waals surface area (Å²) in [5, 5.41) is 7.50. The van der Waals surface area contributed by atoms with Crippen molar-refractivity contribution >= 4 is 47.5 Å². The Balaban J connectivity index is 0.00000160. The number of nitrogens with zero attached hydrogens (tertiary/aromatic N) is 1. The molecule has 2 aliphatic rings. The molecular weight excluding hydrogens is 441 g/mol. The van der Waals surface area contributed by atoms with Crippen LogP contribution in [0.15, 0.2) is 42.5 Å². The van der Waals surface area contributed by atoms with Gasteiger partial charge in [0, 0.05) is 42.7 Å². The Labute approximate surface area is 195 Å². The fraction of sp³-hybridized carbons (Fsp3) is 0.409. The van der Waals surface area contributed by atoms with E-state index in [2.05, 4.69) is 53.1 Å². The average Bonchev–Trinajstić information content (AvgIpc) is 2.75. The molecule has 0 bridgehead atoms. The average molecular weight is 470 g/mol. The standard InChI is InChI=1S/C22H27N3O2S.2ClH/c1-25-19-11-16(20(27-2)12-17(19)14-28-22(25)26)13-24-18-9-6-10-23-21(18)15-7-4-3-5-8-15;;/h3-5,7-8,11-12,18,21,23-24H,6,9-10,13-14H2,1-2H3;2*1H. The van der Waals surface area contributed by atoms with Gasteiger partial charge in [0.2, 0.25) is 0 Å². The van der Waals surface area contributed by atoms with Gasteiger partial charge >= 0.3 is 0 Å². The highest BCUT2D eigenvalue weighted by Crippen LogP contribution is 2.37. The summed E-state index contributed by atoms with van der Waals surface area (Å²) in [6, 6.07) is 15.5. The largest absolute Gasteiger partial charge is 0.496 e. The lowest BCUT2D eigenvalue weighted by molar-refractivity contribution is 0.266. The first-order valence-corrected chi connectivity index (χ1v) is 10.8. The van der Waals surface area contributed by atoms with E-state index in [0.29, 0.717) is 24.4 Å². The minimum Gasteiger partial charge on any atom is -0.496 e. The third kappa shape index (κ3) is 5.24. The smallest absolute Gasteiger partial charge is 0.286 e. The Kier molecular flexibility index (Phi) is 9.31. The molecule has 0 spiro atoms. The minimum absolute atomic E-state index is 0. The monoisotopic (exact) mass is 469 g/mol. The number of halogens is 2. The number of ether oxygens (including phenoxy) is 1. The predicted molar refractivity (Wildman–Crippen MR) is 130 cm³/mol. The summed E-state index contributed by atoms with van der Waals surface area (Å²) in [5.41, 5.74) is 4.54. The normalized spacial score (nSPS) is 20.6. The first kappa shape index (κ1) is 24.8. The summed E-state index contributed by atoms with van der Waals surface area (Å²) in [7, 11) is 3.55. The topological polar surface area (TPSA) is 53.6 Å². The number of methoxy groups -OCH3 is 1. The molecule has 0 saturated carbocycles. The van der Waals surface area contributed by atoms with Crippen LogP contribution in [0.1, 0.15) is 35.6 Å². The van der Waals surface area contributed by atoms with E-state index in [-0.39, 0.29) is 30.1 Å². The van der Waals surface area contributed by atoms with Crippen LogP contribution >= 0.6 is 36.6 Å². The van der Waals surface area contributed by atoms with Crippen molar-refractivity contribution in [1.29, 1.82) is 0 Å². The maximum absolute atomic E-state index is 12.1. The molecule has 30 heavy (non-hydrogen) atoms. The number of thioether (sulfide) groups is 1. The lowest BCUT2D eigenvalue weighted by Gasteiger charge is -2.34. The molecule has 5 nitrogen and oxygen atoms in total. The van der Waals surface area contributed by atoms with Crippen molar-refractivity contribution < 1.29 is 9.53 Å². The van der Waals surface area contributed by atoms with Gasteiger partial charge in [-0.1, -0.05) is 42.1 Å². The number of hydrogen-bond acceptors (Lipinski definition) is 5. The fourth-order valence-electron chi connectivity index (χ4n) is 4.10. The number of carbonyl (C=O) groups excluding carboxylic acids is 1. The zero-order chi connectivity index (χ0) is 19.5. The number of benzene rings is 2. The van der Waals surface area contributed by atoms with E-state index < -0.39 is 0 Å². The second-order valence-corrected chi connectivity index (χ2v) is 8.31. The van der Waals surface area contributed by atoms with Gasteiger partial charge in [0.05, 0.1) is 7.11 Å². The molecule has 1 amide bonds. The number of piperidine rings is 1. The van der Waals surface area contributed by atoms with Gasteiger partial charge in [0.1, 0.15) is 5.75 Å². The third-order valence-corrected chi connectivity index (χ3v) is 6.62. The summed E-state index contributed by atoms with van der Waals surface area (Å²) in [5.74, 6) is 1.58. The van der Waals surface area contributed by atoms with Gasteiger partial charge in [0.15, 0.2) is 0 Å². The van der Waals surface area contributed by atoms with Crippen LogP contribution in [0.2, 0.25) is 0 Å². The van der Waals surface area contributed by atoms with Crippen LogP contribution in [-0.2, 0) is 12.3 Å². The van der Waals surface area contributed by atoms with E-state index in [1.54, 1.807) is 12.0 Å². The van der Waals surface area contributed by atoms with Crippen LogP contribution in [0, 0.1) is 0 Å². The number of fused-ring (bicyclic) bond motifs is 1. The highest BCUT2D eigenvalue weighted by atomic mass is 35.5. The molecule has 0 radical (unpaired) electrons. The summed E-state index contributed by atoms with van der Waals surface area (Å²) in [4.78, 5) is 13.8. The summed E-state index contributed by atoms with van der Waals surface area (Å²) in [6.45, 7) is 1.76. The van der Waals surface area contributed by atoms with E-state index in [4.69, 9.17) is 4.74 Å². The molecule has 8 heteroatoms. The summed E-state index contributed by atoms with van der Waals surface area (Å²) < 4.78 is 5.66. The molecule has 2 unspecified atom stereocenters. The molecule has 2 aliphatic heterocycles. The Bertz CT molecular complexity index is 854. The quantitative estimate of drug-likeness (QED) is 0.650. The van der Waals surface area contributed by atoms with E-state index >= 15 is 0 Å². The summed E-state index contributed by atoms with van der Waals surface area (Å²) >= 11 is 1.34. The van der Waals surface area contributed by atoms with Crippen LogP contribution in [0.4, 0.5) is 10.5 Å². The molecule has 0 aromatic heterocycles. The molecular formula is C22H29Cl2N3O2S. The molecule has 4 rings (SSSR count). The first-order chi connectivity index (χ1) is 13.7. The number of anilines is 1. The van der Waals surface area contributed by atoms with E-state index in [9.17, 15) is 4.79 Å². The van der Waals surface area contributed by atoms with Gasteiger partial charge in [-0.25, -0.2) is 0 Å². The number of amides is 1. The zero-order valence-electron chi connectivity index (χ0n) is 17.2. The fourth-order valence-corrected chi connectivity index (χ4v) is 4.91. The van der Waals surface area contributed by atoms with Gasteiger partial charge in [0.25, 0.3) is 5.24 Å². The predicted octanol–water partition coefficient (Wildman–Crippen LogP) is 4.92.